The first-order valence-corrected chi connectivity index (χ1v) is 4.78. The molecule has 1 rings (SSSR count). The van der Waals surface area contributed by atoms with Crippen LogP contribution in [0.15, 0.2) is 31.6 Å². The Hall–Kier alpha value is -0.580. The Kier molecular flexibility index (Phi) is 3.52. The van der Waals surface area contributed by atoms with E-state index in [4.69, 9.17) is 0 Å². The van der Waals surface area contributed by atoms with Gasteiger partial charge in [-0.05, 0) is 22.6 Å². The second-order valence-electron chi connectivity index (χ2n) is 2.42. The van der Waals surface area contributed by atoms with Crippen LogP contribution in [0.4, 0.5) is 0 Å². The van der Waals surface area contributed by atoms with Crippen LogP contribution in [0.25, 0.3) is 0 Å². The van der Waals surface area contributed by atoms with Gasteiger partial charge in [-0.15, -0.1) is 13.2 Å². The number of aromatic nitrogens is 2. The quantitative estimate of drug-likeness (QED) is 0.609. The smallest absolute Gasteiger partial charge is 0.122 e. The summed E-state index contributed by atoms with van der Waals surface area (Å²) in [5, 5.41) is 0. The second-order valence-corrected chi connectivity index (χ2v) is 3.44. The Balaban J connectivity index is 2.94. The molecule has 0 aromatic carbocycles. The molecule has 0 atom stereocenters. The summed E-state index contributed by atoms with van der Waals surface area (Å²) >= 11 is 2.23. The van der Waals surface area contributed by atoms with Gasteiger partial charge < -0.3 is 4.57 Å². The maximum Gasteiger partial charge on any atom is 0.122 e. The Morgan fingerprint density at radius 1 is 1.50 bits per heavy atom. The van der Waals surface area contributed by atoms with Crippen LogP contribution in [0, 0.1) is 3.70 Å². The van der Waals surface area contributed by atoms with E-state index < -0.39 is 0 Å². The van der Waals surface area contributed by atoms with Crippen molar-refractivity contribution < 1.29 is 0 Å². The zero-order valence-electron chi connectivity index (χ0n) is 6.83. The van der Waals surface area contributed by atoms with Crippen molar-refractivity contribution in [3.8, 4) is 0 Å². The summed E-state index contributed by atoms with van der Waals surface area (Å²) in [6.07, 6.45) is 6.46. The summed E-state index contributed by atoms with van der Waals surface area (Å²) < 4.78 is 3.13. The third kappa shape index (κ3) is 1.97. The first-order chi connectivity index (χ1) is 5.79. The lowest BCUT2D eigenvalue weighted by Gasteiger charge is -2.02. The van der Waals surface area contributed by atoms with Gasteiger partial charge in [0.15, 0.2) is 0 Å². The molecule has 0 aliphatic carbocycles. The first-order valence-electron chi connectivity index (χ1n) is 3.71. The molecule has 0 N–H and O–H groups in total. The van der Waals surface area contributed by atoms with E-state index >= 15 is 0 Å². The molecule has 64 valence electrons. The average Bonchev–Trinajstić information content (AvgIpc) is 2.37. The van der Waals surface area contributed by atoms with Crippen LogP contribution < -0.4 is 0 Å². The Morgan fingerprint density at radius 2 is 2.25 bits per heavy atom. The monoisotopic (exact) mass is 274 g/mol. The molecule has 0 aliphatic heterocycles. The molecule has 1 aromatic heterocycles. The van der Waals surface area contributed by atoms with Crippen LogP contribution in [0.5, 0.6) is 0 Å². The van der Waals surface area contributed by atoms with Crippen molar-refractivity contribution in [3.63, 3.8) is 0 Å². The molecule has 0 amide bonds. The second kappa shape index (κ2) is 4.45. The summed E-state index contributed by atoms with van der Waals surface area (Å²) in [6, 6.07) is 0. The number of rotatable bonds is 4. The van der Waals surface area contributed by atoms with Crippen molar-refractivity contribution in [2.45, 2.75) is 13.0 Å². The van der Waals surface area contributed by atoms with E-state index in [1.165, 1.54) is 5.69 Å². The number of nitrogens with zero attached hydrogens (tertiary/aromatic N) is 2. The van der Waals surface area contributed by atoms with E-state index in [0.717, 1.165) is 16.7 Å². The van der Waals surface area contributed by atoms with Gasteiger partial charge in [0.1, 0.15) is 3.70 Å². The third-order valence-electron chi connectivity index (χ3n) is 1.56. The molecular formula is C9H11IN2. The van der Waals surface area contributed by atoms with Crippen molar-refractivity contribution in [2.75, 3.05) is 0 Å². The van der Waals surface area contributed by atoms with Crippen LogP contribution in [-0.4, -0.2) is 9.55 Å². The third-order valence-corrected chi connectivity index (χ3v) is 2.46. The number of allylic oxidation sites excluding steroid dienone is 2. The maximum atomic E-state index is 4.21. The molecule has 12 heavy (non-hydrogen) atoms. The fourth-order valence-electron chi connectivity index (χ4n) is 1.02. The summed E-state index contributed by atoms with van der Waals surface area (Å²) in [7, 11) is 0. The molecule has 0 aliphatic rings. The van der Waals surface area contributed by atoms with Gasteiger partial charge in [0.05, 0.1) is 12.0 Å². The highest BCUT2D eigenvalue weighted by molar-refractivity contribution is 14.1. The zero-order valence-corrected chi connectivity index (χ0v) is 8.99. The summed E-state index contributed by atoms with van der Waals surface area (Å²) in [5.41, 5.74) is 1.21. The van der Waals surface area contributed by atoms with Gasteiger partial charge in [0, 0.05) is 13.0 Å². The lowest BCUT2D eigenvalue weighted by atomic mass is 10.3. The van der Waals surface area contributed by atoms with Crippen LogP contribution in [0.1, 0.15) is 5.69 Å². The van der Waals surface area contributed by atoms with Crippen LogP contribution in [0.2, 0.25) is 0 Å². The lowest BCUT2D eigenvalue weighted by molar-refractivity contribution is 0.775. The molecule has 0 spiro atoms. The van der Waals surface area contributed by atoms with Crippen molar-refractivity contribution >= 4 is 22.6 Å². The summed E-state index contributed by atoms with van der Waals surface area (Å²) in [6.45, 7) is 8.22. The normalized spacial score (nSPS) is 9.75. The van der Waals surface area contributed by atoms with Gasteiger partial charge >= 0.3 is 0 Å². The standard InChI is InChI=1S/C9H11IN2/c1-3-5-8-9(10)11-7-12(8)6-4-2/h3-4,7H,1-2,5-6H2. The minimum atomic E-state index is 0.819. The van der Waals surface area contributed by atoms with E-state index in [1.54, 1.807) is 0 Å². The van der Waals surface area contributed by atoms with Gasteiger partial charge in [-0.25, -0.2) is 4.98 Å². The average molecular weight is 274 g/mol. The van der Waals surface area contributed by atoms with Crippen molar-refractivity contribution in [1.82, 2.24) is 9.55 Å². The van der Waals surface area contributed by atoms with Gasteiger partial charge in [0.25, 0.3) is 0 Å². The molecule has 0 fully saturated rings. The van der Waals surface area contributed by atoms with E-state index in [0.29, 0.717) is 0 Å². The highest BCUT2D eigenvalue weighted by Gasteiger charge is 2.04. The SMILES string of the molecule is C=CCc1c(I)ncn1CC=C. The molecule has 1 heterocycles. The van der Waals surface area contributed by atoms with E-state index in [-0.39, 0.29) is 0 Å². The largest absolute Gasteiger partial charge is 0.329 e. The number of hydrogen-bond acceptors (Lipinski definition) is 1. The fourth-order valence-corrected chi connectivity index (χ4v) is 1.67. The maximum absolute atomic E-state index is 4.21. The zero-order chi connectivity index (χ0) is 8.97. The highest BCUT2D eigenvalue weighted by Crippen LogP contribution is 2.11. The predicted octanol–water partition coefficient (Wildman–Crippen LogP) is 2.40. The fraction of sp³-hybridized carbons (Fsp3) is 0.222. The van der Waals surface area contributed by atoms with Crippen LogP contribution in [0.3, 0.4) is 0 Å². The summed E-state index contributed by atoms with van der Waals surface area (Å²) in [5.74, 6) is 0. The van der Waals surface area contributed by atoms with Gasteiger partial charge in [0.2, 0.25) is 0 Å². The highest BCUT2D eigenvalue weighted by atomic mass is 127. The number of halogens is 1. The minimum Gasteiger partial charge on any atom is -0.329 e. The molecule has 0 bridgehead atoms. The molecule has 0 saturated carbocycles. The van der Waals surface area contributed by atoms with E-state index in [1.807, 2.05) is 18.5 Å². The van der Waals surface area contributed by atoms with Gasteiger partial charge in [-0.3, -0.25) is 0 Å². The first kappa shape index (κ1) is 9.51. The van der Waals surface area contributed by atoms with Gasteiger partial charge in [-0.1, -0.05) is 12.2 Å². The summed E-state index contributed by atoms with van der Waals surface area (Å²) in [4.78, 5) is 4.21. The van der Waals surface area contributed by atoms with Crippen molar-refractivity contribution in [1.29, 1.82) is 0 Å². The Morgan fingerprint density at radius 3 is 2.83 bits per heavy atom. The minimum absolute atomic E-state index is 0.819. The predicted molar refractivity (Wildman–Crippen MR) is 59.0 cm³/mol. The molecule has 0 saturated heterocycles. The molecule has 1 aromatic rings. The Bertz CT molecular complexity index is 289. The van der Waals surface area contributed by atoms with Crippen LogP contribution in [-0.2, 0) is 13.0 Å². The topological polar surface area (TPSA) is 17.8 Å². The lowest BCUT2D eigenvalue weighted by Crippen LogP contribution is -1.99. The van der Waals surface area contributed by atoms with Gasteiger partial charge in [-0.2, -0.15) is 0 Å². The molecule has 0 radical (unpaired) electrons. The number of imidazole rings is 1. The van der Waals surface area contributed by atoms with E-state index in [2.05, 4.69) is 45.3 Å². The molecule has 0 unspecified atom stereocenters. The molecule has 3 heteroatoms. The van der Waals surface area contributed by atoms with Crippen molar-refractivity contribution in [2.24, 2.45) is 0 Å². The number of hydrogen-bond donors (Lipinski definition) is 0. The molecule has 2 nitrogen and oxygen atoms in total. The van der Waals surface area contributed by atoms with Crippen molar-refractivity contribution in [3.05, 3.63) is 41.0 Å². The van der Waals surface area contributed by atoms with Crippen LogP contribution >= 0.6 is 22.6 Å². The Labute approximate surface area is 86.1 Å². The molecular weight excluding hydrogens is 263 g/mol. The van der Waals surface area contributed by atoms with E-state index in [9.17, 15) is 0 Å².